The zero-order chi connectivity index (χ0) is 19.1. The molecule has 1 heterocycles. The summed E-state index contributed by atoms with van der Waals surface area (Å²) in [5.74, 6) is -0.334. The predicted molar refractivity (Wildman–Crippen MR) is 107 cm³/mol. The van der Waals surface area contributed by atoms with Gasteiger partial charge in [0, 0.05) is 19.2 Å². The number of carbonyl (C=O) groups is 2. The smallest absolute Gasteiger partial charge is 0.235 e. The van der Waals surface area contributed by atoms with E-state index in [9.17, 15) is 9.59 Å². The van der Waals surface area contributed by atoms with Crippen LogP contribution in [0.25, 0.3) is 0 Å². The third-order valence-electron chi connectivity index (χ3n) is 3.44. The number of carbonyl (C=O) groups excluding carboxylic acids is 2. The molecular weight excluding hydrogens is 370 g/mol. The standard InChI is InChI=1S/C17H21N5O2S2/c1-4-13-7-5-6-8-15(13)22(12(3)24)17-19-14(10-26-17)9-18-16(25)21-20-11(2)23/h5-8,10H,4,9H2,1-3H3,(H,20,23)(H2,18,21,25). The predicted octanol–water partition coefficient (Wildman–Crippen LogP) is 2.41. The maximum atomic E-state index is 12.2. The Labute approximate surface area is 161 Å². The molecule has 0 atom stereocenters. The Hall–Kier alpha value is -2.52. The van der Waals surface area contributed by atoms with Gasteiger partial charge in [-0.1, -0.05) is 25.1 Å². The molecule has 1 aromatic heterocycles. The Morgan fingerprint density at radius 2 is 1.96 bits per heavy atom. The summed E-state index contributed by atoms with van der Waals surface area (Å²) in [4.78, 5) is 29.2. The van der Waals surface area contributed by atoms with Crippen LogP contribution in [0.5, 0.6) is 0 Å². The van der Waals surface area contributed by atoms with Gasteiger partial charge < -0.3 is 5.32 Å². The molecular formula is C17H21N5O2S2. The van der Waals surface area contributed by atoms with Crippen molar-refractivity contribution in [1.29, 1.82) is 0 Å². The summed E-state index contributed by atoms with van der Waals surface area (Å²) in [6.07, 6.45) is 0.822. The van der Waals surface area contributed by atoms with E-state index in [1.807, 2.05) is 29.6 Å². The SMILES string of the molecule is CCc1ccccc1N(C(C)=O)c1nc(CNC(=S)NNC(C)=O)cs1. The van der Waals surface area contributed by atoms with Gasteiger partial charge in [0.25, 0.3) is 0 Å². The molecule has 2 aromatic rings. The minimum absolute atomic E-state index is 0.0948. The van der Waals surface area contributed by atoms with Crippen molar-refractivity contribution in [2.75, 3.05) is 4.90 Å². The average Bonchev–Trinajstić information content (AvgIpc) is 3.07. The van der Waals surface area contributed by atoms with Gasteiger partial charge in [-0.25, -0.2) is 4.98 Å². The fraction of sp³-hybridized carbons (Fsp3) is 0.294. The summed E-state index contributed by atoms with van der Waals surface area (Å²) in [7, 11) is 0. The first-order valence-corrected chi connectivity index (χ1v) is 9.34. The van der Waals surface area contributed by atoms with Crippen molar-refractivity contribution in [3.05, 3.63) is 40.9 Å². The molecule has 7 nitrogen and oxygen atoms in total. The van der Waals surface area contributed by atoms with Crippen LogP contribution >= 0.6 is 23.6 Å². The number of nitrogens with zero attached hydrogens (tertiary/aromatic N) is 2. The van der Waals surface area contributed by atoms with E-state index in [-0.39, 0.29) is 16.9 Å². The highest BCUT2D eigenvalue weighted by molar-refractivity contribution is 7.80. The summed E-state index contributed by atoms with van der Waals surface area (Å²) in [6.45, 7) is 5.34. The van der Waals surface area contributed by atoms with Crippen molar-refractivity contribution >= 4 is 51.3 Å². The molecule has 2 amide bonds. The van der Waals surface area contributed by atoms with E-state index in [0.29, 0.717) is 11.7 Å². The summed E-state index contributed by atoms with van der Waals surface area (Å²) in [5, 5.41) is 5.71. The molecule has 0 saturated carbocycles. The Balaban J connectivity index is 2.11. The van der Waals surface area contributed by atoms with Gasteiger partial charge in [0.05, 0.1) is 17.9 Å². The lowest BCUT2D eigenvalue weighted by Crippen LogP contribution is -2.45. The number of nitrogens with one attached hydrogen (secondary N) is 3. The van der Waals surface area contributed by atoms with Crippen LogP contribution in [0.2, 0.25) is 0 Å². The number of aryl methyl sites for hydroxylation is 1. The van der Waals surface area contributed by atoms with Gasteiger partial charge in [0.15, 0.2) is 10.2 Å². The van der Waals surface area contributed by atoms with E-state index in [1.54, 1.807) is 4.90 Å². The first-order chi connectivity index (χ1) is 12.4. The number of thiocarbonyl (C=S) groups is 1. The summed E-state index contributed by atoms with van der Waals surface area (Å²) >= 11 is 6.45. The lowest BCUT2D eigenvalue weighted by molar-refractivity contribution is -0.119. The molecule has 9 heteroatoms. The van der Waals surface area contributed by atoms with Gasteiger partial charge >= 0.3 is 0 Å². The van der Waals surface area contributed by atoms with Gasteiger partial charge in [-0.05, 0) is 30.3 Å². The number of hydrazine groups is 1. The molecule has 2 rings (SSSR count). The van der Waals surface area contributed by atoms with Crippen LogP contribution in [0.4, 0.5) is 10.8 Å². The van der Waals surface area contributed by atoms with Gasteiger partial charge in [0.1, 0.15) is 0 Å². The normalized spacial score (nSPS) is 10.1. The molecule has 0 fully saturated rings. The van der Waals surface area contributed by atoms with Crippen molar-refractivity contribution in [2.45, 2.75) is 33.7 Å². The minimum Gasteiger partial charge on any atom is -0.356 e. The van der Waals surface area contributed by atoms with E-state index in [4.69, 9.17) is 12.2 Å². The number of hydrogen-bond acceptors (Lipinski definition) is 5. The molecule has 0 bridgehead atoms. The van der Waals surface area contributed by atoms with E-state index in [1.165, 1.54) is 25.2 Å². The molecule has 0 aliphatic heterocycles. The number of aromatic nitrogens is 1. The lowest BCUT2D eigenvalue weighted by Gasteiger charge is -2.21. The van der Waals surface area contributed by atoms with Crippen molar-refractivity contribution < 1.29 is 9.59 Å². The number of amides is 2. The Bertz CT molecular complexity index is 806. The van der Waals surface area contributed by atoms with Crippen LogP contribution in [0.1, 0.15) is 32.0 Å². The second kappa shape index (κ2) is 9.25. The molecule has 0 unspecified atom stereocenters. The molecule has 0 saturated heterocycles. The number of anilines is 2. The van der Waals surface area contributed by atoms with Crippen molar-refractivity contribution in [2.24, 2.45) is 0 Å². The van der Waals surface area contributed by atoms with E-state index in [2.05, 4.69) is 28.1 Å². The lowest BCUT2D eigenvalue weighted by atomic mass is 10.1. The number of para-hydroxylation sites is 1. The quantitative estimate of drug-likeness (QED) is 0.536. The third kappa shape index (κ3) is 5.24. The number of thiazole rings is 1. The van der Waals surface area contributed by atoms with Crippen LogP contribution in [0.15, 0.2) is 29.6 Å². The Morgan fingerprint density at radius 3 is 2.62 bits per heavy atom. The fourth-order valence-corrected chi connectivity index (χ4v) is 3.28. The summed E-state index contributed by atoms with van der Waals surface area (Å²) < 4.78 is 0. The minimum atomic E-state index is -0.239. The molecule has 3 N–H and O–H groups in total. The van der Waals surface area contributed by atoms with E-state index >= 15 is 0 Å². The third-order valence-corrected chi connectivity index (χ3v) is 4.56. The molecule has 26 heavy (non-hydrogen) atoms. The topological polar surface area (TPSA) is 86.4 Å². The first kappa shape index (κ1) is 19.8. The van der Waals surface area contributed by atoms with Crippen LogP contribution < -0.4 is 21.1 Å². The Kier molecular flexibility index (Phi) is 7.05. The largest absolute Gasteiger partial charge is 0.356 e. The Morgan fingerprint density at radius 1 is 1.23 bits per heavy atom. The molecule has 0 aliphatic rings. The zero-order valence-electron chi connectivity index (χ0n) is 14.8. The van der Waals surface area contributed by atoms with Crippen LogP contribution in [-0.2, 0) is 22.6 Å². The van der Waals surface area contributed by atoms with Crippen LogP contribution in [0, 0.1) is 0 Å². The summed E-state index contributed by atoms with van der Waals surface area (Å²) in [5.41, 5.74) is 7.64. The number of hydrogen-bond donors (Lipinski definition) is 3. The second-order valence-corrected chi connectivity index (χ2v) is 6.69. The molecule has 0 aliphatic carbocycles. The zero-order valence-corrected chi connectivity index (χ0v) is 16.5. The van der Waals surface area contributed by atoms with Gasteiger partial charge in [0.2, 0.25) is 11.8 Å². The van der Waals surface area contributed by atoms with Crippen LogP contribution in [-0.4, -0.2) is 21.9 Å². The fourth-order valence-electron chi connectivity index (χ4n) is 2.28. The average molecular weight is 392 g/mol. The summed E-state index contributed by atoms with van der Waals surface area (Å²) in [6, 6.07) is 7.80. The van der Waals surface area contributed by atoms with Crippen molar-refractivity contribution in [1.82, 2.24) is 21.2 Å². The second-order valence-electron chi connectivity index (χ2n) is 5.45. The maximum absolute atomic E-state index is 12.2. The first-order valence-electron chi connectivity index (χ1n) is 8.05. The number of benzene rings is 1. The van der Waals surface area contributed by atoms with Gasteiger partial charge in [-0.15, -0.1) is 11.3 Å². The number of rotatable bonds is 5. The van der Waals surface area contributed by atoms with E-state index < -0.39 is 0 Å². The molecule has 138 valence electrons. The van der Waals surface area contributed by atoms with Gasteiger partial charge in [-0.2, -0.15) is 0 Å². The van der Waals surface area contributed by atoms with Crippen molar-refractivity contribution in [3.8, 4) is 0 Å². The maximum Gasteiger partial charge on any atom is 0.235 e. The highest BCUT2D eigenvalue weighted by Crippen LogP contribution is 2.31. The van der Waals surface area contributed by atoms with Crippen LogP contribution in [0.3, 0.4) is 0 Å². The molecule has 0 radical (unpaired) electrons. The van der Waals surface area contributed by atoms with Gasteiger partial charge in [-0.3, -0.25) is 25.3 Å². The highest BCUT2D eigenvalue weighted by Gasteiger charge is 2.20. The molecule has 1 aromatic carbocycles. The van der Waals surface area contributed by atoms with E-state index in [0.717, 1.165) is 23.4 Å². The monoisotopic (exact) mass is 391 g/mol. The van der Waals surface area contributed by atoms with Crippen molar-refractivity contribution in [3.63, 3.8) is 0 Å². The molecule has 0 spiro atoms. The highest BCUT2D eigenvalue weighted by atomic mass is 32.1.